The normalized spacial score (nSPS) is 11.4. The zero-order chi connectivity index (χ0) is 16.2. The van der Waals surface area contributed by atoms with Crippen molar-refractivity contribution < 1.29 is 0 Å². The quantitative estimate of drug-likeness (QED) is 0.425. The molecule has 1 heterocycles. The van der Waals surface area contributed by atoms with E-state index in [0.29, 0.717) is 0 Å². The second kappa shape index (κ2) is 10.4. The Balaban J connectivity index is 1.64. The minimum absolute atomic E-state index is 0.799. The van der Waals surface area contributed by atoms with E-state index in [0.717, 1.165) is 51.4 Å². The average Bonchev–Trinajstić information content (AvgIpc) is 3.10. The van der Waals surface area contributed by atoms with Crippen LogP contribution in [0.25, 0.3) is 0 Å². The van der Waals surface area contributed by atoms with E-state index in [1.807, 2.05) is 23.1 Å². The summed E-state index contributed by atoms with van der Waals surface area (Å²) >= 11 is 0. The maximum absolute atomic E-state index is 4.61. The third-order valence-electron chi connectivity index (χ3n) is 3.50. The Morgan fingerprint density at radius 2 is 2.00 bits per heavy atom. The highest BCUT2D eigenvalue weighted by Crippen LogP contribution is 2.01. The van der Waals surface area contributed by atoms with Crippen molar-refractivity contribution in [1.29, 1.82) is 0 Å². The lowest BCUT2D eigenvalue weighted by Gasteiger charge is -2.11. The lowest BCUT2D eigenvalue weighted by molar-refractivity contribution is 0.583. The van der Waals surface area contributed by atoms with Crippen molar-refractivity contribution in [3.8, 4) is 0 Å². The molecule has 0 aliphatic carbocycles. The number of hydrogen-bond donors (Lipinski definition) is 2. The van der Waals surface area contributed by atoms with Crippen molar-refractivity contribution in [2.24, 2.45) is 4.99 Å². The Kier molecular flexibility index (Phi) is 7.74. The number of aryl methyl sites for hydroxylation is 2. The molecule has 0 amide bonds. The molecule has 1 aromatic heterocycles. The SMILES string of the molecule is CCNC(=NCCCn1cccn1)NCCCc1ccccc1. The molecule has 0 unspecified atom stereocenters. The van der Waals surface area contributed by atoms with Gasteiger partial charge in [-0.3, -0.25) is 9.67 Å². The van der Waals surface area contributed by atoms with Gasteiger partial charge in [-0.15, -0.1) is 0 Å². The standard InChI is InChI=1S/C18H27N5/c1-2-19-18(21-13-7-15-23-16-8-14-22-23)20-12-6-11-17-9-4-3-5-10-17/h3-5,8-10,14,16H,2,6-7,11-13,15H2,1H3,(H2,19,20,21). The van der Waals surface area contributed by atoms with E-state index < -0.39 is 0 Å². The van der Waals surface area contributed by atoms with Crippen LogP contribution in [0.15, 0.2) is 53.8 Å². The molecule has 5 nitrogen and oxygen atoms in total. The van der Waals surface area contributed by atoms with Crippen LogP contribution in [0.2, 0.25) is 0 Å². The number of rotatable bonds is 9. The highest BCUT2D eigenvalue weighted by molar-refractivity contribution is 5.79. The molecular formula is C18H27N5. The molecule has 2 aromatic rings. The van der Waals surface area contributed by atoms with E-state index in [1.165, 1.54) is 5.56 Å². The largest absolute Gasteiger partial charge is 0.357 e. The molecule has 0 bridgehead atoms. The van der Waals surface area contributed by atoms with Gasteiger partial charge in [-0.1, -0.05) is 30.3 Å². The lowest BCUT2D eigenvalue weighted by atomic mass is 10.1. The van der Waals surface area contributed by atoms with Gasteiger partial charge in [-0.05, 0) is 37.8 Å². The van der Waals surface area contributed by atoms with Gasteiger partial charge in [0.15, 0.2) is 5.96 Å². The molecule has 0 fully saturated rings. The van der Waals surface area contributed by atoms with Crippen LogP contribution in [-0.4, -0.2) is 35.4 Å². The first kappa shape index (κ1) is 17.1. The van der Waals surface area contributed by atoms with Crippen molar-refractivity contribution in [2.75, 3.05) is 19.6 Å². The molecule has 0 saturated carbocycles. The van der Waals surface area contributed by atoms with Gasteiger partial charge in [0.2, 0.25) is 0 Å². The monoisotopic (exact) mass is 313 g/mol. The van der Waals surface area contributed by atoms with Crippen molar-refractivity contribution in [3.05, 3.63) is 54.4 Å². The smallest absolute Gasteiger partial charge is 0.191 e. The van der Waals surface area contributed by atoms with Gasteiger partial charge >= 0.3 is 0 Å². The number of hydrogen-bond acceptors (Lipinski definition) is 2. The molecule has 2 rings (SSSR count). The molecule has 2 N–H and O–H groups in total. The van der Waals surface area contributed by atoms with Crippen LogP contribution in [0.1, 0.15) is 25.3 Å². The number of guanidine groups is 1. The van der Waals surface area contributed by atoms with Crippen LogP contribution in [0.3, 0.4) is 0 Å². The second-order valence-electron chi connectivity index (χ2n) is 5.40. The number of nitrogens with zero attached hydrogens (tertiary/aromatic N) is 3. The van der Waals surface area contributed by atoms with Gasteiger partial charge < -0.3 is 10.6 Å². The molecule has 0 aliphatic rings. The predicted octanol–water partition coefficient (Wildman–Crippen LogP) is 2.46. The predicted molar refractivity (Wildman–Crippen MR) is 95.6 cm³/mol. The fourth-order valence-electron chi connectivity index (χ4n) is 2.34. The number of nitrogens with one attached hydrogen (secondary N) is 2. The first-order chi connectivity index (χ1) is 11.4. The highest BCUT2D eigenvalue weighted by Gasteiger charge is 1.97. The van der Waals surface area contributed by atoms with E-state index in [2.05, 4.69) is 58.0 Å². The Labute approximate surface area is 138 Å². The van der Waals surface area contributed by atoms with Crippen molar-refractivity contribution in [3.63, 3.8) is 0 Å². The van der Waals surface area contributed by atoms with Crippen LogP contribution < -0.4 is 10.6 Å². The lowest BCUT2D eigenvalue weighted by Crippen LogP contribution is -2.38. The third-order valence-corrected chi connectivity index (χ3v) is 3.50. The summed E-state index contributed by atoms with van der Waals surface area (Å²) in [6, 6.07) is 12.5. The van der Waals surface area contributed by atoms with Gasteiger partial charge in [0.05, 0.1) is 0 Å². The van der Waals surface area contributed by atoms with Crippen LogP contribution in [0.5, 0.6) is 0 Å². The van der Waals surface area contributed by atoms with Gasteiger partial charge in [0.1, 0.15) is 0 Å². The maximum atomic E-state index is 4.61. The number of aliphatic imine (C=N–C) groups is 1. The van der Waals surface area contributed by atoms with Crippen LogP contribution in [0, 0.1) is 0 Å². The van der Waals surface area contributed by atoms with E-state index >= 15 is 0 Å². The minimum Gasteiger partial charge on any atom is -0.357 e. The van der Waals surface area contributed by atoms with E-state index in [9.17, 15) is 0 Å². The summed E-state index contributed by atoms with van der Waals surface area (Å²) in [7, 11) is 0. The first-order valence-electron chi connectivity index (χ1n) is 8.42. The summed E-state index contributed by atoms with van der Waals surface area (Å²) in [6.07, 6.45) is 6.97. The summed E-state index contributed by atoms with van der Waals surface area (Å²) in [4.78, 5) is 4.61. The molecule has 0 saturated heterocycles. The molecular weight excluding hydrogens is 286 g/mol. The minimum atomic E-state index is 0.799. The van der Waals surface area contributed by atoms with Crippen LogP contribution in [-0.2, 0) is 13.0 Å². The molecule has 0 aliphatic heterocycles. The highest BCUT2D eigenvalue weighted by atomic mass is 15.3. The fourth-order valence-corrected chi connectivity index (χ4v) is 2.34. The third kappa shape index (κ3) is 7.00. The second-order valence-corrected chi connectivity index (χ2v) is 5.40. The summed E-state index contributed by atoms with van der Waals surface area (Å²) in [5, 5.41) is 10.9. The molecule has 124 valence electrons. The summed E-state index contributed by atoms with van der Waals surface area (Å²) in [5.74, 6) is 0.904. The number of benzene rings is 1. The van der Waals surface area contributed by atoms with Gasteiger partial charge in [-0.2, -0.15) is 5.10 Å². The van der Waals surface area contributed by atoms with Crippen molar-refractivity contribution >= 4 is 5.96 Å². The first-order valence-corrected chi connectivity index (χ1v) is 8.42. The summed E-state index contributed by atoms with van der Waals surface area (Å²) in [6.45, 7) is 5.60. The molecule has 0 radical (unpaired) electrons. The zero-order valence-electron chi connectivity index (χ0n) is 13.9. The van der Waals surface area contributed by atoms with E-state index in [-0.39, 0.29) is 0 Å². The Bertz CT molecular complexity index is 548. The summed E-state index contributed by atoms with van der Waals surface area (Å²) < 4.78 is 1.94. The molecule has 5 heteroatoms. The van der Waals surface area contributed by atoms with Gasteiger partial charge in [0, 0.05) is 38.6 Å². The molecule has 23 heavy (non-hydrogen) atoms. The van der Waals surface area contributed by atoms with Gasteiger partial charge in [-0.25, -0.2) is 0 Å². The zero-order valence-corrected chi connectivity index (χ0v) is 13.9. The van der Waals surface area contributed by atoms with Crippen molar-refractivity contribution in [1.82, 2.24) is 20.4 Å². The maximum Gasteiger partial charge on any atom is 0.191 e. The average molecular weight is 313 g/mol. The Morgan fingerprint density at radius 1 is 1.13 bits per heavy atom. The van der Waals surface area contributed by atoms with Crippen LogP contribution in [0.4, 0.5) is 0 Å². The van der Waals surface area contributed by atoms with Crippen LogP contribution >= 0.6 is 0 Å². The molecule has 0 spiro atoms. The number of aromatic nitrogens is 2. The Morgan fingerprint density at radius 3 is 2.74 bits per heavy atom. The van der Waals surface area contributed by atoms with E-state index in [1.54, 1.807) is 0 Å². The van der Waals surface area contributed by atoms with E-state index in [4.69, 9.17) is 0 Å². The topological polar surface area (TPSA) is 54.2 Å². The Hall–Kier alpha value is -2.30. The summed E-state index contributed by atoms with van der Waals surface area (Å²) in [5.41, 5.74) is 1.38. The van der Waals surface area contributed by atoms with Crippen molar-refractivity contribution in [2.45, 2.75) is 32.7 Å². The molecule has 1 aromatic carbocycles. The van der Waals surface area contributed by atoms with Gasteiger partial charge in [0.25, 0.3) is 0 Å². The fraction of sp³-hybridized carbons (Fsp3) is 0.444. The molecule has 0 atom stereocenters.